The average Bonchev–Trinajstić information content (AvgIpc) is 3.25. The number of fused-ring (bicyclic) bond motifs is 1. The van der Waals surface area contributed by atoms with Crippen LogP contribution >= 0.6 is 0 Å². The van der Waals surface area contributed by atoms with Gasteiger partial charge in [0.2, 0.25) is 0 Å². The molecule has 28 heavy (non-hydrogen) atoms. The number of aromatic nitrogens is 2. The number of ether oxygens (including phenoxy) is 1. The number of nitrogens with zero attached hydrogens (tertiary/aromatic N) is 5. The van der Waals surface area contributed by atoms with E-state index in [9.17, 15) is 14.9 Å². The fourth-order valence-corrected chi connectivity index (χ4v) is 3.41. The van der Waals surface area contributed by atoms with E-state index in [1.54, 1.807) is 6.07 Å². The van der Waals surface area contributed by atoms with Crippen LogP contribution in [0, 0.1) is 10.1 Å². The Hall–Kier alpha value is -3.62. The van der Waals surface area contributed by atoms with Crippen molar-refractivity contribution in [1.82, 2.24) is 9.55 Å². The van der Waals surface area contributed by atoms with Crippen LogP contribution in [0.1, 0.15) is 5.82 Å². The highest BCUT2D eigenvalue weighted by Gasteiger charge is 2.28. The van der Waals surface area contributed by atoms with E-state index in [0.29, 0.717) is 24.5 Å². The zero-order chi connectivity index (χ0) is 19.8. The van der Waals surface area contributed by atoms with Gasteiger partial charge in [-0.05, 0) is 18.2 Å². The van der Waals surface area contributed by atoms with Gasteiger partial charge in [0.25, 0.3) is 5.69 Å². The number of carbonyl (C=O) groups excluding carboxylic acids is 1. The lowest BCUT2D eigenvalue weighted by Gasteiger charge is -2.25. The van der Waals surface area contributed by atoms with Crippen LogP contribution in [-0.4, -0.2) is 40.8 Å². The van der Waals surface area contributed by atoms with Crippen molar-refractivity contribution < 1.29 is 14.5 Å². The van der Waals surface area contributed by atoms with Crippen LogP contribution in [-0.2, 0) is 18.3 Å². The van der Waals surface area contributed by atoms with Gasteiger partial charge in [-0.1, -0.05) is 12.1 Å². The minimum absolute atomic E-state index is 0.0745. The number of hydrogen-bond acceptors (Lipinski definition) is 6. The molecule has 144 valence electrons. The van der Waals surface area contributed by atoms with Gasteiger partial charge in [0.15, 0.2) is 0 Å². The van der Waals surface area contributed by atoms with Gasteiger partial charge in [-0.2, -0.15) is 0 Å². The molecule has 0 N–H and O–H groups in total. The van der Waals surface area contributed by atoms with Gasteiger partial charge in [0.1, 0.15) is 12.4 Å². The van der Waals surface area contributed by atoms with E-state index in [2.05, 4.69) is 4.98 Å². The zero-order valence-corrected chi connectivity index (χ0v) is 15.5. The van der Waals surface area contributed by atoms with Crippen LogP contribution in [0.25, 0.3) is 11.0 Å². The molecule has 3 aromatic rings. The van der Waals surface area contributed by atoms with Crippen molar-refractivity contribution in [2.75, 3.05) is 30.0 Å². The van der Waals surface area contributed by atoms with E-state index in [1.165, 1.54) is 17.0 Å². The number of para-hydroxylation sites is 2. The van der Waals surface area contributed by atoms with Crippen LogP contribution in [0.2, 0.25) is 0 Å². The standard InChI is InChI=1S/C19H19N5O4/c1-21(12-18-20-14-5-3-4-6-15(14)22(18)2)16-8-7-13(24(26)27)11-17(16)23-9-10-28-19(23)25/h3-8,11H,9-10,12H2,1-2H3. The molecule has 0 radical (unpaired) electrons. The van der Waals surface area contributed by atoms with E-state index in [-0.39, 0.29) is 12.3 Å². The van der Waals surface area contributed by atoms with Gasteiger partial charge in [-0.15, -0.1) is 0 Å². The molecule has 1 aromatic heterocycles. The first-order chi connectivity index (χ1) is 13.5. The van der Waals surface area contributed by atoms with Crippen molar-refractivity contribution in [3.8, 4) is 0 Å². The van der Waals surface area contributed by atoms with Crippen LogP contribution in [0.5, 0.6) is 0 Å². The molecule has 2 aromatic carbocycles. The summed E-state index contributed by atoms with van der Waals surface area (Å²) in [5.41, 5.74) is 3.00. The second kappa shape index (κ2) is 6.84. The van der Waals surface area contributed by atoms with E-state index in [4.69, 9.17) is 4.74 Å². The summed E-state index contributed by atoms with van der Waals surface area (Å²) in [6.07, 6.45) is -0.502. The quantitative estimate of drug-likeness (QED) is 0.498. The Balaban J connectivity index is 1.71. The minimum atomic E-state index is -0.502. The molecule has 0 unspecified atom stereocenters. The molecule has 0 bridgehead atoms. The zero-order valence-electron chi connectivity index (χ0n) is 15.5. The Bertz CT molecular complexity index is 1080. The lowest BCUT2D eigenvalue weighted by Crippen LogP contribution is -2.27. The molecule has 1 aliphatic heterocycles. The molecule has 0 aliphatic carbocycles. The van der Waals surface area contributed by atoms with Crippen LogP contribution in [0.4, 0.5) is 21.9 Å². The summed E-state index contributed by atoms with van der Waals surface area (Å²) in [4.78, 5) is 30.8. The van der Waals surface area contributed by atoms with Crippen molar-refractivity contribution >= 4 is 34.2 Å². The Kier molecular flexibility index (Phi) is 4.34. The first kappa shape index (κ1) is 17.8. The molecule has 0 saturated carbocycles. The van der Waals surface area contributed by atoms with Crippen LogP contribution in [0.15, 0.2) is 42.5 Å². The van der Waals surface area contributed by atoms with Crippen molar-refractivity contribution in [1.29, 1.82) is 0 Å². The summed E-state index contributed by atoms with van der Waals surface area (Å²) in [5.74, 6) is 0.844. The third-order valence-electron chi connectivity index (χ3n) is 4.89. The summed E-state index contributed by atoms with van der Waals surface area (Å²) >= 11 is 0. The first-order valence-electron chi connectivity index (χ1n) is 8.80. The lowest BCUT2D eigenvalue weighted by atomic mass is 10.2. The predicted octanol–water partition coefficient (Wildman–Crippen LogP) is 3.07. The monoisotopic (exact) mass is 381 g/mol. The Morgan fingerprint density at radius 2 is 2.07 bits per heavy atom. The normalized spacial score (nSPS) is 13.8. The predicted molar refractivity (Wildman–Crippen MR) is 105 cm³/mol. The highest BCUT2D eigenvalue weighted by molar-refractivity contribution is 5.94. The molecule has 4 rings (SSSR count). The summed E-state index contributed by atoms with van der Waals surface area (Å²) in [7, 11) is 3.82. The van der Waals surface area contributed by atoms with Gasteiger partial charge >= 0.3 is 6.09 Å². The molecular formula is C19H19N5O4. The van der Waals surface area contributed by atoms with E-state index >= 15 is 0 Å². The van der Waals surface area contributed by atoms with Gasteiger partial charge < -0.3 is 14.2 Å². The number of nitro benzene ring substituents is 1. The molecule has 9 heteroatoms. The highest BCUT2D eigenvalue weighted by Crippen LogP contribution is 2.35. The summed E-state index contributed by atoms with van der Waals surface area (Å²) in [5, 5.41) is 11.2. The molecular weight excluding hydrogens is 362 g/mol. The third kappa shape index (κ3) is 3.00. The van der Waals surface area contributed by atoms with Crippen molar-refractivity contribution in [2.24, 2.45) is 7.05 Å². The lowest BCUT2D eigenvalue weighted by molar-refractivity contribution is -0.384. The smallest absolute Gasteiger partial charge is 0.414 e. The number of anilines is 2. The molecule has 1 saturated heterocycles. The first-order valence-corrected chi connectivity index (χ1v) is 8.80. The molecule has 1 fully saturated rings. The molecule has 1 aliphatic rings. The fraction of sp³-hybridized carbons (Fsp3) is 0.263. The van der Waals surface area contributed by atoms with Gasteiger partial charge in [0.05, 0.1) is 40.4 Å². The average molecular weight is 381 g/mol. The number of hydrogen-bond donors (Lipinski definition) is 0. The molecule has 0 spiro atoms. The second-order valence-corrected chi connectivity index (χ2v) is 6.63. The molecule has 9 nitrogen and oxygen atoms in total. The number of cyclic esters (lactones) is 1. The van der Waals surface area contributed by atoms with Crippen molar-refractivity contribution in [2.45, 2.75) is 6.54 Å². The summed E-state index contributed by atoms with van der Waals surface area (Å²) < 4.78 is 7.03. The number of rotatable bonds is 5. The molecule has 2 heterocycles. The maximum Gasteiger partial charge on any atom is 0.414 e. The maximum atomic E-state index is 12.1. The number of aryl methyl sites for hydroxylation is 1. The number of amides is 1. The summed E-state index contributed by atoms with van der Waals surface area (Å²) in [6.45, 7) is 1.08. The van der Waals surface area contributed by atoms with Crippen molar-refractivity contribution in [3.63, 3.8) is 0 Å². The maximum absolute atomic E-state index is 12.1. The fourth-order valence-electron chi connectivity index (χ4n) is 3.41. The van der Waals surface area contributed by atoms with Crippen LogP contribution in [0.3, 0.4) is 0 Å². The number of imidazole rings is 1. The Morgan fingerprint density at radius 3 is 2.75 bits per heavy atom. The SMILES string of the molecule is CN(Cc1nc2ccccc2n1C)c1ccc([N+](=O)[O-])cc1N1CCOC1=O. The van der Waals surface area contributed by atoms with E-state index in [1.807, 2.05) is 47.8 Å². The highest BCUT2D eigenvalue weighted by atomic mass is 16.6. The Labute approximate surface area is 160 Å². The molecule has 1 amide bonds. The number of non-ortho nitro benzene ring substituents is 1. The van der Waals surface area contributed by atoms with Gasteiger partial charge in [-0.3, -0.25) is 15.0 Å². The van der Waals surface area contributed by atoms with E-state index < -0.39 is 11.0 Å². The van der Waals surface area contributed by atoms with Gasteiger partial charge in [0, 0.05) is 26.2 Å². The largest absolute Gasteiger partial charge is 0.447 e. The second-order valence-electron chi connectivity index (χ2n) is 6.63. The Morgan fingerprint density at radius 1 is 1.29 bits per heavy atom. The van der Waals surface area contributed by atoms with Crippen molar-refractivity contribution in [3.05, 3.63) is 58.4 Å². The molecule has 0 atom stereocenters. The van der Waals surface area contributed by atoms with Gasteiger partial charge in [-0.25, -0.2) is 9.78 Å². The van der Waals surface area contributed by atoms with E-state index in [0.717, 1.165) is 16.9 Å². The minimum Gasteiger partial charge on any atom is -0.447 e. The third-order valence-corrected chi connectivity index (χ3v) is 4.89. The summed E-state index contributed by atoms with van der Waals surface area (Å²) in [6, 6.07) is 12.4. The number of nitro groups is 1. The van der Waals surface area contributed by atoms with Crippen LogP contribution < -0.4 is 9.80 Å². The number of benzene rings is 2. The topological polar surface area (TPSA) is 93.7 Å². The number of carbonyl (C=O) groups is 1.